The van der Waals surface area contributed by atoms with Crippen molar-refractivity contribution >= 4 is 77.6 Å². The minimum Gasteiger partial charge on any atom is -0.361 e. The standard InChI is InChI=1S/2C11H10N2S2/c2*1-14-11-13-6-7-5-12-8-3-2-4-9(15-11)10(7)8/h2*2-5,12H,6H2,1H3. The molecule has 2 aliphatic rings. The van der Waals surface area contributed by atoms with Gasteiger partial charge in [0.15, 0.2) is 0 Å². The lowest BCUT2D eigenvalue weighted by atomic mass is 10.2. The Hall–Kier alpha value is -1.74. The first kappa shape index (κ1) is 20.2. The number of H-pyrrole nitrogens is 2. The van der Waals surface area contributed by atoms with Crippen molar-refractivity contribution in [2.24, 2.45) is 9.98 Å². The average molecular weight is 469 g/mol. The second kappa shape index (κ2) is 8.78. The largest absolute Gasteiger partial charge is 0.361 e. The molecule has 0 unspecified atom stereocenters. The summed E-state index contributed by atoms with van der Waals surface area (Å²) in [6.45, 7) is 1.58. The van der Waals surface area contributed by atoms with E-state index in [0.29, 0.717) is 0 Å². The van der Waals surface area contributed by atoms with Gasteiger partial charge in [-0.05, 0) is 47.9 Å². The summed E-state index contributed by atoms with van der Waals surface area (Å²) < 4.78 is 2.30. The molecule has 4 heterocycles. The molecular weight excluding hydrogens is 449 g/mol. The molecular formula is C22H20N4S4. The predicted molar refractivity (Wildman–Crippen MR) is 138 cm³/mol. The maximum absolute atomic E-state index is 4.58. The molecule has 0 spiro atoms. The van der Waals surface area contributed by atoms with Crippen molar-refractivity contribution in [2.75, 3.05) is 12.5 Å². The van der Waals surface area contributed by atoms with Crippen LogP contribution in [-0.4, -0.2) is 31.2 Å². The summed E-state index contributed by atoms with van der Waals surface area (Å²) in [6.07, 6.45) is 8.30. The van der Waals surface area contributed by atoms with Crippen LogP contribution in [-0.2, 0) is 13.1 Å². The van der Waals surface area contributed by atoms with Crippen molar-refractivity contribution in [3.05, 3.63) is 59.9 Å². The van der Waals surface area contributed by atoms with Gasteiger partial charge in [0.2, 0.25) is 0 Å². The van der Waals surface area contributed by atoms with E-state index in [2.05, 4.69) is 81.3 Å². The predicted octanol–water partition coefficient (Wildman–Crippen LogP) is 6.99. The number of aliphatic imine (C=N–C) groups is 2. The molecule has 4 aromatic rings. The first-order valence-corrected chi connectivity index (χ1v) is 13.6. The van der Waals surface area contributed by atoms with Crippen LogP contribution in [0.15, 0.2) is 68.6 Å². The molecule has 0 fully saturated rings. The Labute approximate surface area is 192 Å². The number of hydrogen-bond donors (Lipinski definition) is 2. The Kier molecular flexibility index (Phi) is 5.91. The van der Waals surface area contributed by atoms with Crippen molar-refractivity contribution < 1.29 is 0 Å². The van der Waals surface area contributed by atoms with Gasteiger partial charge >= 0.3 is 0 Å². The molecule has 2 aromatic carbocycles. The van der Waals surface area contributed by atoms with Crippen LogP contribution in [0.2, 0.25) is 0 Å². The Morgan fingerprint density at radius 3 is 1.63 bits per heavy atom. The molecule has 0 saturated heterocycles. The van der Waals surface area contributed by atoms with Crippen molar-refractivity contribution in [1.82, 2.24) is 9.97 Å². The summed E-state index contributed by atoms with van der Waals surface area (Å²) in [7, 11) is 0. The first-order valence-electron chi connectivity index (χ1n) is 9.47. The molecule has 0 atom stereocenters. The lowest BCUT2D eigenvalue weighted by Gasteiger charge is -2.01. The molecule has 2 N–H and O–H groups in total. The molecule has 8 heteroatoms. The van der Waals surface area contributed by atoms with Crippen LogP contribution in [0.4, 0.5) is 0 Å². The van der Waals surface area contributed by atoms with Gasteiger partial charge in [0, 0.05) is 44.0 Å². The van der Waals surface area contributed by atoms with Crippen LogP contribution in [0.1, 0.15) is 11.1 Å². The molecule has 2 aromatic heterocycles. The van der Waals surface area contributed by atoms with Crippen LogP contribution in [0.3, 0.4) is 0 Å². The minimum absolute atomic E-state index is 0.792. The van der Waals surface area contributed by atoms with Gasteiger partial charge in [0.25, 0.3) is 0 Å². The minimum atomic E-state index is 0.792. The summed E-state index contributed by atoms with van der Waals surface area (Å²) in [5, 5.41) is 2.69. The molecule has 0 saturated carbocycles. The number of thioether (sulfide) groups is 4. The average Bonchev–Trinajstić information content (AvgIpc) is 3.27. The quantitative estimate of drug-likeness (QED) is 0.292. The van der Waals surface area contributed by atoms with Crippen molar-refractivity contribution in [3.63, 3.8) is 0 Å². The number of nitrogens with zero attached hydrogens (tertiary/aromatic N) is 2. The fraction of sp³-hybridized carbons (Fsp3) is 0.182. The Morgan fingerprint density at radius 2 is 1.20 bits per heavy atom. The third-order valence-electron chi connectivity index (χ3n) is 5.00. The summed E-state index contributed by atoms with van der Waals surface area (Å²) in [4.78, 5) is 18.4. The molecule has 0 radical (unpaired) electrons. The summed E-state index contributed by atoms with van der Waals surface area (Å²) >= 11 is 6.98. The van der Waals surface area contributed by atoms with Crippen LogP contribution in [0.25, 0.3) is 21.8 Å². The molecule has 30 heavy (non-hydrogen) atoms. The maximum Gasteiger partial charge on any atom is 0.129 e. The zero-order chi connectivity index (χ0) is 20.5. The lowest BCUT2D eigenvalue weighted by molar-refractivity contribution is 1.09. The van der Waals surface area contributed by atoms with E-state index in [1.807, 2.05) is 0 Å². The molecule has 0 amide bonds. The second-order valence-electron chi connectivity index (χ2n) is 6.76. The smallest absolute Gasteiger partial charge is 0.129 e. The van der Waals surface area contributed by atoms with E-state index in [9.17, 15) is 0 Å². The van der Waals surface area contributed by atoms with Gasteiger partial charge in [0.05, 0.1) is 13.1 Å². The highest BCUT2D eigenvalue weighted by Gasteiger charge is 2.15. The van der Waals surface area contributed by atoms with Crippen molar-refractivity contribution in [3.8, 4) is 0 Å². The van der Waals surface area contributed by atoms with Gasteiger partial charge in [-0.15, -0.1) is 23.5 Å². The van der Waals surface area contributed by atoms with Gasteiger partial charge in [-0.2, -0.15) is 0 Å². The summed E-state index contributed by atoms with van der Waals surface area (Å²) in [5.41, 5.74) is 5.04. The monoisotopic (exact) mass is 468 g/mol. The van der Waals surface area contributed by atoms with Crippen LogP contribution >= 0.6 is 47.0 Å². The highest BCUT2D eigenvalue weighted by Crippen LogP contribution is 2.37. The Balaban J connectivity index is 0.000000128. The van der Waals surface area contributed by atoms with E-state index in [-0.39, 0.29) is 0 Å². The fourth-order valence-corrected chi connectivity index (χ4v) is 6.83. The normalized spacial score (nSPS) is 15.1. The topological polar surface area (TPSA) is 56.3 Å². The summed E-state index contributed by atoms with van der Waals surface area (Å²) in [5.74, 6) is 0. The zero-order valence-corrected chi connectivity index (χ0v) is 19.8. The van der Waals surface area contributed by atoms with Crippen LogP contribution in [0, 0.1) is 0 Å². The van der Waals surface area contributed by atoms with Crippen molar-refractivity contribution in [1.29, 1.82) is 0 Å². The number of benzene rings is 2. The number of nitrogens with one attached hydrogen (secondary N) is 2. The number of hydrogen-bond acceptors (Lipinski definition) is 6. The van der Waals surface area contributed by atoms with E-state index >= 15 is 0 Å². The molecule has 2 aliphatic heterocycles. The SMILES string of the molecule is CSC1=NCc2c[nH]c3cccc(c23)S1.CSC1=NCc2c[nH]c3cccc(c23)S1. The molecule has 6 rings (SSSR count). The molecule has 152 valence electrons. The maximum atomic E-state index is 4.58. The van der Waals surface area contributed by atoms with E-state index in [4.69, 9.17) is 0 Å². The lowest BCUT2D eigenvalue weighted by Crippen LogP contribution is -1.82. The van der Waals surface area contributed by atoms with Gasteiger partial charge < -0.3 is 9.97 Å². The Morgan fingerprint density at radius 1 is 0.733 bits per heavy atom. The van der Waals surface area contributed by atoms with E-state index in [1.54, 1.807) is 47.0 Å². The summed E-state index contributed by atoms with van der Waals surface area (Å²) in [6, 6.07) is 12.8. The third-order valence-corrected chi connectivity index (χ3v) is 9.18. The number of aromatic nitrogens is 2. The van der Waals surface area contributed by atoms with Crippen LogP contribution < -0.4 is 0 Å². The molecule has 4 nitrogen and oxygen atoms in total. The second-order valence-corrected chi connectivity index (χ2v) is 10.9. The first-order chi connectivity index (χ1) is 14.8. The zero-order valence-electron chi connectivity index (χ0n) is 16.6. The van der Waals surface area contributed by atoms with Crippen LogP contribution in [0.5, 0.6) is 0 Å². The highest BCUT2D eigenvalue weighted by atomic mass is 32.2. The van der Waals surface area contributed by atoms with Gasteiger partial charge in [-0.25, -0.2) is 0 Å². The number of rotatable bonds is 0. The van der Waals surface area contributed by atoms with Gasteiger partial charge in [-0.1, -0.05) is 35.7 Å². The number of aromatic amines is 2. The molecule has 0 aliphatic carbocycles. The van der Waals surface area contributed by atoms with E-state index in [0.717, 1.165) is 21.8 Å². The van der Waals surface area contributed by atoms with Gasteiger partial charge in [0.1, 0.15) is 8.75 Å². The Bertz CT molecular complexity index is 1190. The molecule has 0 bridgehead atoms. The highest BCUT2D eigenvalue weighted by molar-refractivity contribution is 8.39. The van der Waals surface area contributed by atoms with E-state index < -0.39 is 0 Å². The van der Waals surface area contributed by atoms with Crippen molar-refractivity contribution in [2.45, 2.75) is 22.9 Å². The third kappa shape index (κ3) is 3.82. The van der Waals surface area contributed by atoms with E-state index in [1.165, 1.54) is 42.7 Å². The van der Waals surface area contributed by atoms with Gasteiger partial charge in [-0.3, -0.25) is 9.98 Å². The fourth-order valence-electron chi connectivity index (χ4n) is 3.62.